The lowest BCUT2D eigenvalue weighted by atomic mass is 9.83. The van der Waals surface area contributed by atoms with E-state index in [4.69, 9.17) is 0 Å². The fraction of sp³-hybridized carbons (Fsp3) is 0.560. The van der Waals surface area contributed by atoms with Crippen LogP contribution < -0.4 is 10.6 Å². The van der Waals surface area contributed by atoms with Crippen LogP contribution in [0.1, 0.15) is 62.0 Å². The number of anilines is 3. The number of aromatic nitrogens is 6. The van der Waals surface area contributed by atoms with E-state index in [0.717, 1.165) is 37.1 Å². The number of hydrogen-bond acceptors (Lipinski definition) is 8. The molecule has 2 saturated heterocycles. The molecule has 3 aromatic rings. The van der Waals surface area contributed by atoms with Crippen LogP contribution in [0.3, 0.4) is 0 Å². The molecule has 11 heteroatoms. The number of nitrogens with one attached hydrogen (secondary N) is 2. The van der Waals surface area contributed by atoms with Crippen molar-refractivity contribution in [3.05, 3.63) is 41.6 Å². The van der Waals surface area contributed by atoms with E-state index in [1.165, 1.54) is 62.0 Å². The van der Waals surface area contributed by atoms with Gasteiger partial charge in [-0.15, -0.1) is 5.10 Å². The first-order valence-corrected chi connectivity index (χ1v) is 12.9. The molecule has 6 rings (SSSR count). The molecule has 190 valence electrons. The first-order valence-electron chi connectivity index (χ1n) is 12.9. The molecule has 2 N–H and O–H groups in total. The van der Waals surface area contributed by atoms with Gasteiger partial charge in [0, 0.05) is 24.3 Å². The predicted molar refractivity (Wildman–Crippen MR) is 132 cm³/mol. The molecule has 0 bridgehead atoms. The number of halogens is 2. The second kappa shape index (κ2) is 10.0. The fourth-order valence-corrected chi connectivity index (χ4v) is 5.75. The second-order valence-corrected chi connectivity index (χ2v) is 10.1. The van der Waals surface area contributed by atoms with Gasteiger partial charge in [0.2, 0.25) is 5.95 Å². The summed E-state index contributed by atoms with van der Waals surface area (Å²) in [6, 6.07) is 3.79. The summed E-state index contributed by atoms with van der Waals surface area (Å²) in [6.45, 7) is 2.42. The minimum atomic E-state index is -0.670. The van der Waals surface area contributed by atoms with Gasteiger partial charge >= 0.3 is 0 Å². The van der Waals surface area contributed by atoms with E-state index in [1.807, 2.05) is 0 Å². The van der Waals surface area contributed by atoms with E-state index in [2.05, 4.69) is 41.0 Å². The molecule has 1 aromatic carbocycles. The van der Waals surface area contributed by atoms with E-state index in [9.17, 15) is 4.39 Å². The van der Waals surface area contributed by atoms with Crippen molar-refractivity contribution in [2.45, 2.75) is 63.6 Å². The zero-order chi connectivity index (χ0) is 24.5. The summed E-state index contributed by atoms with van der Waals surface area (Å²) in [5, 5.41) is 17.8. The van der Waals surface area contributed by atoms with Crippen LogP contribution >= 0.6 is 0 Å². The largest absolute Gasteiger partial charge is 0.369 e. The van der Waals surface area contributed by atoms with E-state index in [1.54, 1.807) is 6.07 Å². The molecule has 1 aliphatic carbocycles. The molecule has 1 saturated carbocycles. The lowest BCUT2D eigenvalue weighted by molar-refractivity contribution is 0.0649. The Morgan fingerprint density at radius 2 is 1.94 bits per heavy atom. The number of benzene rings is 1. The van der Waals surface area contributed by atoms with Crippen LogP contribution in [0.25, 0.3) is 5.69 Å². The third-order valence-corrected chi connectivity index (χ3v) is 7.74. The summed E-state index contributed by atoms with van der Waals surface area (Å²) in [4.78, 5) is 11.4. The highest BCUT2D eigenvalue weighted by atomic mass is 19.1. The summed E-state index contributed by atoms with van der Waals surface area (Å²) >= 11 is 0. The Morgan fingerprint density at radius 3 is 2.75 bits per heavy atom. The maximum absolute atomic E-state index is 15.1. The molecule has 0 radical (unpaired) electrons. The molecule has 2 aromatic heterocycles. The minimum absolute atomic E-state index is 0.207. The lowest BCUT2D eigenvalue weighted by Gasteiger charge is -2.44. The van der Waals surface area contributed by atoms with E-state index in [0.29, 0.717) is 29.3 Å². The van der Waals surface area contributed by atoms with Gasteiger partial charge in [-0.3, -0.25) is 0 Å². The molecule has 9 nitrogen and oxygen atoms in total. The Labute approximate surface area is 208 Å². The van der Waals surface area contributed by atoms with Crippen LogP contribution in [0.5, 0.6) is 0 Å². The standard InChI is InChI=1S/C25H31F2N9/c26-12-18-14-29-25(32-24(18)28-13-17-4-3-9-35-8-2-1-5-22(17)35)31-21-11-23(36-15-30-33-34-36)19(10-20(21)27)16-6-7-16/h10-11,14-17,22H,1-9,12-13H2,(H2,28,29,31,32)/t17-,22+/m0/s1. The predicted octanol–water partition coefficient (Wildman–Crippen LogP) is 4.36. The van der Waals surface area contributed by atoms with Crippen LogP contribution in [0.4, 0.5) is 26.2 Å². The minimum Gasteiger partial charge on any atom is -0.369 e. The third-order valence-electron chi connectivity index (χ3n) is 7.74. The Balaban J connectivity index is 1.22. The van der Waals surface area contributed by atoms with Crippen molar-refractivity contribution in [1.29, 1.82) is 0 Å². The number of rotatable bonds is 8. The number of hydrogen-bond donors (Lipinski definition) is 2. The molecule has 2 aliphatic heterocycles. The highest BCUT2D eigenvalue weighted by molar-refractivity contribution is 5.63. The van der Waals surface area contributed by atoms with Gasteiger partial charge in [-0.25, -0.2) is 18.4 Å². The van der Waals surface area contributed by atoms with Crippen molar-refractivity contribution < 1.29 is 8.78 Å². The molecule has 36 heavy (non-hydrogen) atoms. The van der Waals surface area contributed by atoms with Crippen LogP contribution in [-0.2, 0) is 6.67 Å². The Kier molecular flexibility index (Phi) is 6.47. The average Bonchev–Trinajstić information content (AvgIpc) is 3.62. The van der Waals surface area contributed by atoms with Gasteiger partial charge in [-0.2, -0.15) is 4.98 Å². The Morgan fingerprint density at radius 1 is 1.06 bits per heavy atom. The number of fused-ring (bicyclic) bond motifs is 1. The summed E-state index contributed by atoms with van der Waals surface area (Å²) < 4.78 is 30.4. The molecular weight excluding hydrogens is 464 g/mol. The number of tetrazole rings is 1. The van der Waals surface area contributed by atoms with Crippen molar-refractivity contribution in [1.82, 2.24) is 35.1 Å². The fourth-order valence-electron chi connectivity index (χ4n) is 5.75. The van der Waals surface area contributed by atoms with Crippen LogP contribution in [-0.4, -0.2) is 60.8 Å². The molecule has 0 unspecified atom stereocenters. The van der Waals surface area contributed by atoms with Crippen LogP contribution in [0, 0.1) is 11.7 Å². The molecule has 3 fully saturated rings. The molecule has 0 amide bonds. The molecule has 0 spiro atoms. The normalized spacial score (nSPS) is 22.3. The topological polar surface area (TPSA) is 96.7 Å². The maximum atomic E-state index is 15.1. The van der Waals surface area contributed by atoms with Crippen molar-refractivity contribution in [2.24, 2.45) is 5.92 Å². The monoisotopic (exact) mass is 495 g/mol. The maximum Gasteiger partial charge on any atom is 0.229 e. The van der Waals surface area contributed by atoms with E-state index in [-0.39, 0.29) is 11.6 Å². The van der Waals surface area contributed by atoms with E-state index >= 15 is 4.39 Å². The summed E-state index contributed by atoms with van der Waals surface area (Å²) in [5.74, 6) is 1.07. The molecule has 4 heterocycles. The number of alkyl halides is 1. The van der Waals surface area contributed by atoms with Crippen molar-refractivity contribution in [3.63, 3.8) is 0 Å². The van der Waals surface area contributed by atoms with Gasteiger partial charge in [-0.05, 0) is 91.6 Å². The van der Waals surface area contributed by atoms with Gasteiger partial charge in [0.1, 0.15) is 24.6 Å². The van der Waals surface area contributed by atoms with Crippen LogP contribution in [0.15, 0.2) is 24.7 Å². The van der Waals surface area contributed by atoms with Gasteiger partial charge in [0.15, 0.2) is 0 Å². The smallest absolute Gasteiger partial charge is 0.229 e. The number of piperidine rings is 2. The molecule has 3 aliphatic rings. The molecule has 2 atom stereocenters. The third kappa shape index (κ3) is 4.76. The zero-order valence-electron chi connectivity index (χ0n) is 20.2. The van der Waals surface area contributed by atoms with Crippen LogP contribution in [0.2, 0.25) is 0 Å². The summed E-state index contributed by atoms with van der Waals surface area (Å²) in [7, 11) is 0. The zero-order valence-corrected chi connectivity index (χ0v) is 20.2. The lowest BCUT2D eigenvalue weighted by Crippen LogP contribution is -2.49. The number of nitrogens with zero attached hydrogens (tertiary/aromatic N) is 7. The van der Waals surface area contributed by atoms with Gasteiger partial charge in [0.05, 0.1) is 11.4 Å². The first kappa shape index (κ1) is 23.2. The Bertz CT molecular complexity index is 1200. The van der Waals surface area contributed by atoms with Gasteiger partial charge < -0.3 is 15.5 Å². The van der Waals surface area contributed by atoms with E-state index < -0.39 is 12.5 Å². The quantitative estimate of drug-likeness (QED) is 0.476. The summed E-state index contributed by atoms with van der Waals surface area (Å²) in [6.07, 6.45) is 11.1. The van der Waals surface area contributed by atoms with Gasteiger partial charge in [0.25, 0.3) is 0 Å². The van der Waals surface area contributed by atoms with Gasteiger partial charge in [-0.1, -0.05) is 6.42 Å². The SMILES string of the molecule is FCc1cnc(Nc2cc(-n3cnnn3)c(C3CC3)cc2F)nc1NC[C@@H]1CCCN2CCCC[C@H]12. The average molecular weight is 496 g/mol. The van der Waals surface area contributed by atoms with Crippen molar-refractivity contribution in [3.8, 4) is 5.69 Å². The highest BCUT2D eigenvalue weighted by Crippen LogP contribution is 2.44. The molecular formula is C25H31F2N9. The summed E-state index contributed by atoms with van der Waals surface area (Å²) in [5.41, 5.74) is 2.22. The highest BCUT2D eigenvalue weighted by Gasteiger charge is 2.33. The second-order valence-electron chi connectivity index (χ2n) is 10.1. The van der Waals surface area contributed by atoms with Crippen molar-refractivity contribution >= 4 is 17.5 Å². The Hall–Kier alpha value is -3.21. The van der Waals surface area contributed by atoms with Crippen molar-refractivity contribution in [2.75, 3.05) is 30.3 Å². The first-order chi connectivity index (χ1) is 17.7.